The highest BCUT2D eigenvalue weighted by atomic mass is 16.1. The predicted molar refractivity (Wildman–Crippen MR) is 123 cm³/mol. The SMILES string of the molecule is CN=CC(=NN)c1ccc(Cc2cc3c(=O)n(C4CCCC4)cnc3cc2C)cc1. The Morgan fingerprint density at radius 3 is 2.63 bits per heavy atom. The fourth-order valence-electron chi connectivity index (χ4n) is 4.28. The number of fused-ring (bicyclic) bond motifs is 1. The molecule has 1 aliphatic rings. The minimum absolute atomic E-state index is 0.0751. The van der Waals surface area contributed by atoms with Crippen molar-refractivity contribution in [3.05, 3.63) is 75.3 Å². The van der Waals surface area contributed by atoms with Crippen molar-refractivity contribution in [2.45, 2.75) is 45.1 Å². The fourth-order valence-corrected chi connectivity index (χ4v) is 4.28. The molecule has 0 unspecified atom stereocenters. The summed E-state index contributed by atoms with van der Waals surface area (Å²) in [6, 6.07) is 12.5. The summed E-state index contributed by atoms with van der Waals surface area (Å²) < 4.78 is 1.84. The average Bonchev–Trinajstić information content (AvgIpc) is 3.28. The summed E-state index contributed by atoms with van der Waals surface area (Å²) in [4.78, 5) is 21.7. The molecule has 0 spiro atoms. The zero-order valence-corrected chi connectivity index (χ0v) is 17.5. The predicted octanol–water partition coefficient (Wildman–Crippen LogP) is 3.77. The molecule has 2 N–H and O–H groups in total. The Hall–Kier alpha value is -3.28. The maximum Gasteiger partial charge on any atom is 0.261 e. The molecular weight excluding hydrogens is 374 g/mol. The van der Waals surface area contributed by atoms with Crippen LogP contribution in [0.5, 0.6) is 0 Å². The number of hydrogen-bond acceptors (Lipinski definition) is 5. The molecule has 1 fully saturated rings. The molecule has 0 bridgehead atoms. The molecule has 0 aliphatic heterocycles. The van der Waals surface area contributed by atoms with Gasteiger partial charge in [-0.2, -0.15) is 5.10 Å². The fraction of sp³-hybridized carbons (Fsp3) is 0.333. The van der Waals surface area contributed by atoms with Gasteiger partial charge in [-0.25, -0.2) is 4.98 Å². The minimum Gasteiger partial charge on any atom is -0.323 e. The molecule has 154 valence electrons. The van der Waals surface area contributed by atoms with Gasteiger partial charge in [-0.15, -0.1) is 0 Å². The van der Waals surface area contributed by atoms with Crippen LogP contribution in [0.2, 0.25) is 0 Å². The summed E-state index contributed by atoms with van der Waals surface area (Å²) in [5, 5.41) is 4.49. The number of aryl methyl sites for hydroxylation is 1. The number of hydrogen-bond donors (Lipinski definition) is 1. The van der Waals surface area contributed by atoms with Gasteiger partial charge in [-0.1, -0.05) is 37.1 Å². The van der Waals surface area contributed by atoms with Gasteiger partial charge in [0.05, 0.1) is 17.2 Å². The Morgan fingerprint density at radius 2 is 1.97 bits per heavy atom. The van der Waals surface area contributed by atoms with Gasteiger partial charge in [-0.3, -0.25) is 14.4 Å². The van der Waals surface area contributed by atoms with Crippen molar-refractivity contribution >= 4 is 22.8 Å². The van der Waals surface area contributed by atoms with Crippen LogP contribution >= 0.6 is 0 Å². The lowest BCUT2D eigenvalue weighted by Crippen LogP contribution is -2.24. The van der Waals surface area contributed by atoms with Gasteiger partial charge < -0.3 is 5.84 Å². The summed E-state index contributed by atoms with van der Waals surface area (Å²) >= 11 is 0. The molecular formula is C24H27N5O. The van der Waals surface area contributed by atoms with Crippen LogP contribution in [-0.4, -0.2) is 28.5 Å². The van der Waals surface area contributed by atoms with Crippen molar-refractivity contribution in [1.82, 2.24) is 9.55 Å². The highest BCUT2D eigenvalue weighted by Gasteiger charge is 2.19. The average molecular weight is 402 g/mol. The molecule has 1 aliphatic carbocycles. The van der Waals surface area contributed by atoms with Crippen LogP contribution in [0.25, 0.3) is 10.9 Å². The van der Waals surface area contributed by atoms with E-state index in [2.05, 4.69) is 34.1 Å². The lowest BCUT2D eigenvalue weighted by Gasteiger charge is -2.14. The number of aliphatic imine (C=N–C) groups is 1. The lowest BCUT2D eigenvalue weighted by atomic mass is 9.97. The second-order valence-electron chi connectivity index (χ2n) is 7.97. The van der Waals surface area contributed by atoms with Crippen LogP contribution in [-0.2, 0) is 6.42 Å². The van der Waals surface area contributed by atoms with Gasteiger partial charge in [0.2, 0.25) is 0 Å². The Kier molecular flexibility index (Phi) is 5.74. The van der Waals surface area contributed by atoms with Crippen molar-refractivity contribution in [3.63, 3.8) is 0 Å². The number of aromatic nitrogens is 2. The zero-order chi connectivity index (χ0) is 21.1. The summed E-state index contributed by atoms with van der Waals surface area (Å²) in [6.45, 7) is 2.07. The van der Waals surface area contributed by atoms with Gasteiger partial charge in [0.15, 0.2) is 0 Å². The molecule has 3 aromatic rings. The largest absolute Gasteiger partial charge is 0.323 e. The highest BCUT2D eigenvalue weighted by Crippen LogP contribution is 2.28. The molecule has 2 aromatic carbocycles. The van der Waals surface area contributed by atoms with E-state index in [1.54, 1.807) is 19.6 Å². The topological polar surface area (TPSA) is 85.6 Å². The van der Waals surface area contributed by atoms with Crippen molar-refractivity contribution in [1.29, 1.82) is 0 Å². The van der Waals surface area contributed by atoms with Crippen molar-refractivity contribution in [3.8, 4) is 0 Å². The maximum absolute atomic E-state index is 13.1. The van der Waals surface area contributed by atoms with Crippen molar-refractivity contribution in [2.24, 2.45) is 15.9 Å². The standard InChI is InChI=1S/C24H27N5O/c1-16-11-22-21(24(30)29(15-27-22)20-5-3-4-6-20)13-19(16)12-17-7-9-18(10-8-17)23(28-25)14-26-2/h7-11,13-15,20H,3-6,12,25H2,1-2H3. The van der Waals surface area contributed by atoms with E-state index in [-0.39, 0.29) is 11.6 Å². The normalized spacial score (nSPS) is 15.5. The van der Waals surface area contributed by atoms with Crippen LogP contribution in [0, 0.1) is 6.92 Å². The van der Waals surface area contributed by atoms with E-state index in [1.807, 2.05) is 28.8 Å². The van der Waals surface area contributed by atoms with E-state index in [0.29, 0.717) is 11.1 Å². The van der Waals surface area contributed by atoms with E-state index in [4.69, 9.17) is 5.84 Å². The van der Waals surface area contributed by atoms with Crippen LogP contribution in [0.1, 0.15) is 54.0 Å². The molecule has 0 amide bonds. The molecule has 4 rings (SSSR count). The Bertz CT molecular complexity index is 1170. The zero-order valence-electron chi connectivity index (χ0n) is 17.5. The first-order valence-electron chi connectivity index (χ1n) is 10.4. The third-order valence-corrected chi connectivity index (χ3v) is 5.99. The first-order valence-corrected chi connectivity index (χ1v) is 10.4. The summed E-state index contributed by atoms with van der Waals surface area (Å²) in [5.41, 5.74) is 5.85. The quantitative estimate of drug-likeness (QED) is 0.401. The first-order chi connectivity index (χ1) is 14.6. The Labute approximate surface area is 176 Å². The molecule has 0 saturated heterocycles. The van der Waals surface area contributed by atoms with Crippen LogP contribution < -0.4 is 11.4 Å². The molecule has 30 heavy (non-hydrogen) atoms. The van der Waals surface area contributed by atoms with Crippen LogP contribution in [0.15, 0.2) is 57.6 Å². The minimum atomic E-state index is 0.0751. The van der Waals surface area contributed by atoms with Gasteiger partial charge >= 0.3 is 0 Å². The Morgan fingerprint density at radius 1 is 1.23 bits per heavy atom. The first kappa shape index (κ1) is 20.0. The van der Waals surface area contributed by atoms with Gasteiger partial charge in [0.25, 0.3) is 5.56 Å². The smallest absolute Gasteiger partial charge is 0.261 e. The van der Waals surface area contributed by atoms with Gasteiger partial charge in [0, 0.05) is 24.9 Å². The highest BCUT2D eigenvalue weighted by molar-refractivity contribution is 6.38. The summed E-state index contributed by atoms with van der Waals surface area (Å²) in [6.07, 6.45) is 8.62. The molecule has 1 heterocycles. The van der Waals surface area contributed by atoms with Crippen molar-refractivity contribution < 1.29 is 0 Å². The van der Waals surface area contributed by atoms with E-state index >= 15 is 0 Å². The second kappa shape index (κ2) is 8.61. The van der Waals surface area contributed by atoms with Crippen LogP contribution in [0.3, 0.4) is 0 Å². The van der Waals surface area contributed by atoms with Gasteiger partial charge in [0.1, 0.15) is 5.71 Å². The van der Waals surface area contributed by atoms with E-state index < -0.39 is 0 Å². The van der Waals surface area contributed by atoms with E-state index in [0.717, 1.165) is 47.0 Å². The number of benzene rings is 2. The molecule has 6 nitrogen and oxygen atoms in total. The molecule has 1 saturated carbocycles. The van der Waals surface area contributed by atoms with E-state index in [9.17, 15) is 4.79 Å². The van der Waals surface area contributed by atoms with E-state index in [1.165, 1.54) is 12.8 Å². The molecule has 1 aromatic heterocycles. The number of hydrazone groups is 1. The molecule has 6 heteroatoms. The van der Waals surface area contributed by atoms with Crippen LogP contribution in [0.4, 0.5) is 0 Å². The lowest BCUT2D eigenvalue weighted by molar-refractivity contribution is 0.499. The second-order valence-corrected chi connectivity index (χ2v) is 7.97. The summed E-state index contributed by atoms with van der Waals surface area (Å²) in [5.74, 6) is 5.46. The summed E-state index contributed by atoms with van der Waals surface area (Å²) in [7, 11) is 1.69. The Balaban J connectivity index is 1.66. The molecule has 0 atom stereocenters. The number of nitrogens with zero attached hydrogens (tertiary/aromatic N) is 4. The van der Waals surface area contributed by atoms with Gasteiger partial charge in [-0.05, 0) is 55.0 Å². The number of nitrogens with two attached hydrogens (primary N) is 1. The molecule has 0 radical (unpaired) electrons. The third-order valence-electron chi connectivity index (χ3n) is 5.99. The third kappa shape index (κ3) is 3.90. The van der Waals surface area contributed by atoms with Crippen molar-refractivity contribution in [2.75, 3.05) is 7.05 Å². The maximum atomic E-state index is 13.1. The number of rotatable bonds is 5. The monoisotopic (exact) mass is 401 g/mol.